The minimum Gasteiger partial charge on any atom is -0.497 e. The van der Waals surface area contributed by atoms with E-state index in [0.717, 1.165) is 0 Å². The van der Waals surface area contributed by atoms with Crippen LogP contribution in [0.2, 0.25) is 0 Å². The lowest BCUT2D eigenvalue weighted by atomic mass is 9.94. The standard InChI is InChI=1S/C20H24O6/c1-7-9-13-17(20(21)26-8-2)19(25-6)14-10-12(22-3)11-15(23-4)16(14)18(13)24-5/h7,10-11H,1,8-9H2,2-6H3. The van der Waals surface area contributed by atoms with E-state index in [-0.39, 0.29) is 6.61 Å². The molecule has 0 N–H and O–H groups in total. The molecule has 0 aliphatic rings. The lowest BCUT2D eigenvalue weighted by Gasteiger charge is -2.21. The van der Waals surface area contributed by atoms with Crippen molar-refractivity contribution in [1.82, 2.24) is 0 Å². The number of benzene rings is 2. The van der Waals surface area contributed by atoms with Gasteiger partial charge < -0.3 is 23.7 Å². The fourth-order valence-corrected chi connectivity index (χ4v) is 3.01. The number of carbonyl (C=O) groups excluding carboxylic acids is 1. The summed E-state index contributed by atoms with van der Waals surface area (Å²) in [6.45, 7) is 5.78. The minimum atomic E-state index is -0.483. The van der Waals surface area contributed by atoms with Gasteiger partial charge in [0.2, 0.25) is 0 Å². The van der Waals surface area contributed by atoms with Crippen LogP contribution in [-0.2, 0) is 11.2 Å². The van der Waals surface area contributed by atoms with Gasteiger partial charge in [0, 0.05) is 17.0 Å². The zero-order valence-corrected chi connectivity index (χ0v) is 15.8. The van der Waals surface area contributed by atoms with Crippen LogP contribution in [-0.4, -0.2) is 41.0 Å². The maximum absolute atomic E-state index is 12.7. The topological polar surface area (TPSA) is 63.2 Å². The molecule has 0 saturated heterocycles. The largest absolute Gasteiger partial charge is 0.497 e. The van der Waals surface area contributed by atoms with E-state index >= 15 is 0 Å². The van der Waals surface area contributed by atoms with Gasteiger partial charge in [-0.05, 0) is 19.4 Å². The highest BCUT2D eigenvalue weighted by Crippen LogP contribution is 2.47. The molecule has 26 heavy (non-hydrogen) atoms. The first-order valence-electron chi connectivity index (χ1n) is 8.18. The second kappa shape index (κ2) is 8.47. The van der Waals surface area contributed by atoms with Crippen molar-refractivity contribution in [2.75, 3.05) is 35.0 Å². The molecule has 0 aromatic heterocycles. The van der Waals surface area contributed by atoms with E-state index in [1.165, 1.54) is 7.11 Å². The van der Waals surface area contributed by atoms with E-state index in [9.17, 15) is 4.79 Å². The zero-order chi connectivity index (χ0) is 19.3. The third-order valence-electron chi connectivity index (χ3n) is 4.04. The minimum absolute atomic E-state index is 0.247. The van der Waals surface area contributed by atoms with Crippen LogP contribution in [0, 0.1) is 0 Å². The number of fused-ring (bicyclic) bond motifs is 1. The molecular formula is C20H24O6. The molecule has 0 fully saturated rings. The lowest BCUT2D eigenvalue weighted by Crippen LogP contribution is -2.12. The number of hydrogen-bond donors (Lipinski definition) is 0. The second-order valence-corrected chi connectivity index (χ2v) is 5.39. The summed E-state index contributed by atoms with van der Waals surface area (Å²) in [5.74, 6) is 1.54. The van der Waals surface area contributed by atoms with Crippen molar-refractivity contribution in [3.05, 3.63) is 35.9 Å². The maximum atomic E-state index is 12.7. The number of methoxy groups -OCH3 is 4. The second-order valence-electron chi connectivity index (χ2n) is 5.39. The molecular weight excluding hydrogens is 336 g/mol. The highest BCUT2D eigenvalue weighted by atomic mass is 16.5. The van der Waals surface area contributed by atoms with Gasteiger partial charge in [0.25, 0.3) is 0 Å². The summed E-state index contributed by atoms with van der Waals surface area (Å²) in [6.07, 6.45) is 2.10. The molecule has 0 amide bonds. The van der Waals surface area contributed by atoms with E-state index < -0.39 is 5.97 Å². The molecule has 6 heteroatoms. The Labute approximate surface area is 153 Å². The van der Waals surface area contributed by atoms with Crippen molar-refractivity contribution in [3.8, 4) is 23.0 Å². The Hall–Kier alpha value is -2.89. The van der Waals surface area contributed by atoms with E-state index in [0.29, 0.717) is 51.3 Å². The molecule has 0 aliphatic heterocycles. The Morgan fingerprint density at radius 3 is 2.23 bits per heavy atom. The van der Waals surface area contributed by atoms with Crippen LogP contribution in [0.25, 0.3) is 10.8 Å². The number of allylic oxidation sites excluding steroid dienone is 1. The summed E-state index contributed by atoms with van der Waals surface area (Å²) in [7, 11) is 6.18. The van der Waals surface area contributed by atoms with Crippen molar-refractivity contribution in [1.29, 1.82) is 0 Å². The molecule has 140 valence electrons. The van der Waals surface area contributed by atoms with Crippen molar-refractivity contribution in [3.63, 3.8) is 0 Å². The quantitative estimate of drug-likeness (QED) is 0.527. The highest BCUT2D eigenvalue weighted by Gasteiger charge is 2.28. The molecule has 0 saturated carbocycles. The predicted molar refractivity (Wildman–Crippen MR) is 100 cm³/mol. The summed E-state index contributed by atoms with van der Waals surface area (Å²) < 4.78 is 27.4. The summed E-state index contributed by atoms with van der Waals surface area (Å²) in [6, 6.07) is 3.53. The van der Waals surface area contributed by atoms with E-state index in [4.69, 9.17) is 23.7 Å². The molecule has 0 aliphatic carbocycles. The molecule has 0 heterocycles. The highest BCUT2D eigenvalue weighted by molar-refractivity contribution is 6.08. The van der Waals surface area contributed by atoms with Gasteiger partial charge in [-0.1, -0.05) is 6.08 Å². The third kappa shape index (κ3) is 3.27. The molecule has 0 spiro atoms. The summed E-state index contributed by atoms with van der Waals surface area (Å²) in [5, 5.41) is 1.33. The summed E-state index contributed by atoms with van der Waals surface area (Å²) in [5.41, 5.74) is 0.947. The Bertz CT molecular complexity index is 825. The van der Waals surface area contributed by atoms with E-state index in [1.54, 1.807) is 46.5 Å². The third-order valence-corrected chi connectivity index (χ3v) is 4.04. The number of carbonyl (C=O) groups is 1. The molecule has 0 unspecified atom stereocenters. The van der Waals surface area contributed by atoms with Gasteiger partial charge in [0.05, 0.1) is 40.4 Å². The van der Waals surface area contributed by atoms with Gasteiger partial charge in [-0.25, -0.2) is 4.79 Å². The van der Waals surface area contributed by atoms with Gasteiger partial charge in [0.15, 0.2) is 0 Å². The number of hydrogen-bond acceptors (Lipinski definition) is 6. The van der Waals surface area contributed by atoms with Gasteiger partial charge in [-0.15, -0.1) is 6.58 Å². The maximum Gasteiger partial charge on any atom is 0.342 e. The van der Waals surface area contributed by atoms with Crippen molar-refractivity contribution >= 4 is 16.7 Å². The van der Waals surface area contributed by atoms with Gasteiger partial charge >= 0.3 is 5.97 Å². The van der Waals surface area contributed by atoms with Crippen LogP contribution in [0.1, 0.15) is 22.8 Å². The average Bonchev–Trinajstić information content (AvgIpc) is 2.66. The first-order chi connectivity index (χ1) is 12.6. The molecule has 0 radical (unpaired) electrons. The fourth-order valence-electron chi connectivity index (χ4n) is 3.01. The number of rotatable bonds is 8. The van der Waals surface area contributed by atoms with Crippen molar-refractivity contribution < 1.29 is 28.5 Å². The molecule has 6 nitrogen and oxygen atoms in total. The normalized spacial score (nSPS) is 10.3. The van der Waals surface area contributed by atoms with Crippen LogP contribution in [0.4, 0.5) is 0 Å². The van der Waals surface area contributed by atoms with Crippen molar-refractivity contribution in [2.45, 2.75) is 13.3 Å². The van der Waals surface area contributed by atoms with E-state index in [1.807, 2.05) is 0 Å². The average molecular weight is 360 g/mol. The van der Waals surface area contributed by atoms with Gasteiger partial charge in [-0.3, -0.25) is 0 Å². The molecule has 2 aromatic carbocycles. The predicted octanol–water partition coefficient (Wildman–Crippen LogP) is 3.78. The van der Waals surface area contributed by atoms with Crippen LogP contribution in [0.15, 0.2) is 24.8 Å². The monoisotopic (exact) mass is 360 g/mol. The number of ether oxygens (including phenoxy) is 5. The van der Waals surface area contributed by atoms with E-state index in [2.05, 4.69) is 6.58 Å². The van der Waals surface area contributed by atoms with Crippen LogP contribution < -0.4 is 18.9 Å². The summed E-state index contributed by atoms with van der Waals surface area (Å²) >= 11 is 0. The molecule has 0 bridgehead atoms. The smallest absolute Gasteiger partial charge is 0.342 e. The van der Waals surface area contributed by atoms with Crippen LogP contribution in [0.3, 0.4) is 0 Å². The first-order valence-corrected chi connectivity index (χ1v) is 8.18. The van der Waals surface area contributed by atoms with Crippen LogP contribution >= 0.6 is 0 Å². The zero-order valence-electron chi connectivity index (χ0n) is 15.8. The first kappa shape index (κ1) is 19.4. The Morgan fingerprint density at radius 1 is 1.04 bits per heavy atom. The Balaban J connectivity index is 3.06. The number of esters is 1. The summed E-state index contributed by atoms with van der Waals surface area (Å²) in [4.78, 5) is 12.7. The van der Waals surface area contributed by atoms with Gasteiger partial charge in [0.1, 0.15) is 28.6 Å². The van der Waals surface area contributed by atoms with Crippen molar-refractivity contribution in [2.24, 2.45) is 0 Å². The fraction of sp³-hybridized carbons (Fsp3) is 0.350. The molecule has 2 aromatic rings. The molecule has 0 atom stereocenters. The SMILES string of the molecule is C=CCc1c(C(=O)OCC)c(OC)c2cc(OC)cc(OC)c2c1OC. The van der Waals surface area contributed by atoms with Gasteiger partial charge in [-0.2, -0.15) is 0 Å². The Kier molecular flexibility index (Phi) is 6.33. The Morgan fingerprint density at radius 2 is 1.73 bits per heavy atom. The van der Waals surface area contributed by atoms with Crippen LogP contribution in [0.5, 0.6) is 23.0 Å². The lowest BCUT2D eigenvalue weighted by molar-refractivity contribution is 0.0521. The molecule has 2 rings (SSSR count).